The molecule has 6 rings (SSSR count). The van der Waals surface area contributed by atoms with Crippen LogP contribution in [0.2, 0.25) is 0 Å². The van der Waals surface area contributed by atoms with Gasteiger partial charge in [0.05, 0.1) is 11.7 Å². The first-order chi connectivity index (χ1) is 14.8. The maximum Gasteiger partial charge on any atom is 0.262 e. The molecule has 0 spiro atoms. The van der Waals surface area contributed by atoms with Crippen LogP contribution >= 0.6 is 11.3 Å². The molecule has 3 heterocycles. The van der Waals surface area contributed by atoms with E-state index in [-0.39, 0.29) is 5.56 Å². The van der Waals surface area contributed by atoms with Crippen LogP contribution in [0.5, 0.6) is 0 Å². The summed E-state index contributed by atoms with van der Waals surface area (Å²) in [5.41, 5.74) is 3.78. The first kappa shape index (κ1) is 18.3. The van der Waals surface area contributed by atoms with E-state index < -0.39 is 0 Å². The fourth-order valence-corrected chi connectivity index (χ4v) is 6.03. The number of aromatic nitrogens is 3. The monoisotopic (exact) mass is 418 g/mol. The molecule has 0 amide bonds. The maximum atomic E-state index is 13.3. The molecule has 3 aromatic heterocycles. The highest BCUT2D eigenvalue weighted by atomic mass is 32.1. The molecule has 1 atom stereocenters. The van der Waals surface area contributed by atoms with Gasteiger partial charge in [0.25, 0.3) is 5.56 Å². The molecule has 0 radical (unpaired) electrons. The third-order valence-electron chi connectivity index (χ3n) is 6.72. The Labute approximate surface area is 179 Å². The minimum atomic E-state index is 0.127. The number of benzene rings is 1. The average molecular weight is 419 g/mol. The topological polar surface area (TPSA) is 62.7 Å². The number of H-pyrrole nitrogens is 1. The van der Waals surface area contributed by atoms with Crippen molar-refractivity contribution < 1.29 is 0 Å². The Morgan fingerprint density at radius 2 is 2.13 bits per heavy atom. The van der Waals surface area contributed by atoms with Crippen LogP contribution in [0.4, 0.5) is 0 Å². The van der Waals surface area contributed by atoms with Crippen molar-refractivity contribution in [2.45, 2.75) is 51.1 Å². The molecular weight excluding hydrogens is 392 g/mol. The Balaban J connectivity index is 1.25. The lowest BCUT2D eigenvalue weighted by atomic mass is 9.93. The van der Waals surface area contributed by atoms with Crippen molar-refractivity contribution in [3.8, 4) is 0 Å². The molecule has 0 saturated heterocycles. The molecule has 6 heteroatoms. The van der Waals surface area contributed by atoms with Crippen LogP contribution < -0.4 is 10.9 Å². The molecule has 1 unspecified atom stereocenters. The van der Waals surface area contributed by atoms with E-state index in [4.69, 9.17) is 0 Å². The fraction of sp³-hybridized carbons (Fsp3) is 0.417. The average Bonchev–Trinajstić information content (AvgIpc) is 3.39. The first-order valence-electron chi connectivity index (χ1n) is 11.0. The van der Waals surface area contributed by atoms with E-state index in [0.29, 0.717) is 12.6 Å². The van der Waals surface area contributed by atoms with Crippen molar-refractivity contribution in [1.82, 2.24) is 19.9 Å². The van der Waals surface area contributed by atoms with Gasteiger partial charge in [-0.15, -0.1) is 11.3 Å². The molecule has 4 aromatic rings. The van der Waals surface area contributed by atoms with Gasteiger partial charge in [0.15, 0.2) is 0 Å². The number of para-hydroxylation sites is 1. The number of aromatic amines is 1. The summed E-state index contributed by atoms with van der Waals surface area (Å²) in [6.45, 7) is 1.81. The van der Waals surface area contributed by atoms with Crippen molar-refractivity contribution in [3.63, 3.8) is 0 Å². The summed E-state index contributed by atoms with van der Waals surface area (Å²) in [5, 5.41) is 5.85. The highest BCUT2D eigenvalue weighted by molar-refractivity contribution is 7.18. The summed E-state index contributed by atoms with van der Waals surface area (Å²) in [6, 6.07) is 8.87. The SMILES string of the molecule is O=c1c2c3c(sc2ncn1CCc1c[nH]c2ccccc12)CC(NCC1CC1)CC3. The van der Waals surface area contributed by atoms with Gasteiger partial charge in [-0.3, -0.25) is 9.36 Å². The lowest BCUT2D eigenvalue weighted by Crippen LogP contribution is -2.35. The van der Waals surface area contributed by atoms with Crippen LogP contribution in [0.15, 0.2) is 41.6 Å². The molecule has 2 aliphatic carbocycles. The van der Waals surface area contributed by atoms with Crippen molar-refractivity contribution in [2.75, 3.05) is 6.54 Å². The van der Waals surface area contributed by atoms with Gasteiger partial charge >= 0.3 is 0 Å². The molecule has 2 N–H and O–H groups in total. The predicted molar refractivity (Wildman–Crippen MR) is 122 cm³/mol. The molecule has 1 fully saturated rings. The molecule has 2 aliphatic rings. The summed E-state index contributed by atoms with van der Waals surface area (Å²) in [4.78, 5) is 23.6. The van der Waals surface area contributed by atoms with E-state index in [2.05, 4.69) is 39.7 Å². The van der Waals surface area contributed by atoms with Gasteiger partial charge in [0.1, 0.15) is 4.83 Å². The first-order valence-corrected chi connectivity index (χ1v) is 11.9. The number of hydrogen-bond donors (Lipinski definition) is 2. The maximum absolute atomic E-state index is 13.3. The Bertz CT molecular complexity index is 1280. The van der Waals surface area contributed by atoms with Gasteiger partial charge in [-0.05, 0) is 68.2 Å². The van der Waals surface area contributed by atoms with Crippen LogP contribution in [0.1, 0.15) is 35.3 Å². The van der Waals surface area contributed by atoms with Crippen LogP contribution in [-0.4, -0.2) is 27.1 Å². The smallest absolute Gasteiger partial charge is 0.262 e. The molecule has 5 nitrogen and oxygen atoms in total. The summed E-state index contributed by atoms with van der Waals surface area (Å²) >= 11 is 1.72. The fourth-order valence-electron chi connectivity index (χ4n) is 4.77. The summed E-state index contributed by atoms with van der Waals surface area (Å²) < 4.78 is 1.80. The second-order valence-electron chi connectivity index (χ2n) is 8.83. The van der Waals surface area contributed by atoms with Crippen molar-refractivity contribution in [3.05, 3.63) is 63.1 Å². The zero-order chi connectivity index (χ0) is 20.1. The third kappa shape index (κ3) is 3.28. The quantitative estimate of drug-likeness (QED) is 0.497. The third-order valence-corrected chi connectivity index (χ3v) is 7.89. The normalized spacial score (nSPS) is 18.9. The van der Waals surface area contributed by atoms with Gasteiger partial charge in [-0.2, -0.15) is 0 Å². The van der Waals surface area contributed by atoms with Gasteiger partial charge in [0.2, 0.25) is 0 Å². The second-order valence-corrected chi connectivity index (χ2v) is 9.91. The standard InChI is InChI=1S/C24H26N4OS/c29-24-22-19-8-7-17(25-12-15-5-6-15)11-21(19)30-23(22)27-14-28(24)10-9-16-13-26-20-4-2-1-3-18(16)20/h1-4,13-15,17,25-26H,5-12H2. The molecule has 0 aliphatic heterocycles. The molecular formula is C24H26N4OS. The van der Waals surface area contributed by atoms with Crippen LogP contribution in [0, 0.1) is 5.92 Å². The lowest BCUT2D eigenvalue weighted by molar-refractivity contribution is 0.453. The van der Waals surface area contributed by atoms with E-state index >= 15 is 0 Å². The minimum Gasteiger partial charge on any atom is -0.361 e. The van der Waals surface area contributed by atoms with Gasteiger partial charge in [-0.25, -0.2) is 4.98 Å². The molecule has 1 aromatic carbocycles. The number of rotatable bonds is 6. The predicted octanol–water partition coefficient (Wildman–Crippen LogP) is 4.04. The highest BCUT2D eigenvalue weighted by Crippen LogP contribution is 2.34. The second kappa shape index (κ2) is 7.36. The zero-order valence-electron chi connectivity index (χ0n) is 17.0. The summed E-state index contributed by atoms with van der Waals surface area (Å²) in [7, 11) is 0. The Morgan fingerprint density at radius 1 is 1.23 bits per heavy atom. The van der Waals surface area contributed by atoms with E-state index in [0.717, 1.165) is 53.9 Å². The van der Waals surface area contributed by atoms with Gasteiger partial charge in [0, 0.05) is 34.6 Å². The van der Waals surface area contributed by atoms with E-state index in [9.17, 15) is 4.79 Å². The number of thiophene rings is 1. The van der Waals surface area contributed by atoms with Crippen molar-refractivity contribution >= 4 is 32.5 Å². The minimum absolute atomic E-state index is 0.127. The zero-order valence-corrected chi connectivity index (χ0v) is 17.8. The Kier molecular flexibility index (Phi) is 4.50. The van der Waals surface area contributed by atoms with E-state index in [1.807, 2.05) is 6.07 Å². The van der Waals surface area contributed by atoms with Crippen LogP contribution in [0.3, 0.4) is 0 Å². The van der Waals surface area contributed by atoms with Crippen molar-refractivity contribution in [2.24, 2.45) is 5.92 Å². The van der Waals surface area contributed by atoms with Crippen LogP contribution in [-0.2, 0) is 25.8 Å². The largest absolute Gasteiger partial charge is 0.361 e. The van der Waals surface area contributed by atoms with Gasteiger partial charge in [-0.1, -0.05) is 18.2 Å². The molecule has 1 saturated carbocycles. The number of hydrogen-bond acceptors (Lipinski definition) is 4. The summed E-state index contributed by atoms with van der Waals surface area (Å²) in [5.74, 6) is 0.903. The number of fused-ring (bicyclic) bond motifs is 4. The molecule has 154 valence electrons. The van der Waals surface area contributed by atoms with Crippen molar-refractivity contribution in [1.29, 1.82) is 0 Å². The number of nitrogens with zero attached hydrogens (tertiary/aromatic N) is 2. The Hall–Kier alpha value is -2.44. The number of nitrogens with one attached hydrogen (secondary N) is 2. The lowest BCUT2D eigenvalue weighted by Gasteiger charge is -2.23. The summed E-state index contributed by atoms with van der Waals surface area (Å²) in [6.07, 6.45) is 10.5. The molecule has 0 bridgehead atoms. The molecule has 30 heavy (non-hydrogen) atoms. The van der Waals surface area contributed by atoms with Crippen LogP contribution in [0.25, 0.3) is 21.1 Å². The number of aryl methyl sites for hydroxylation is 3. The Morgan fingerprint density at radius 3 is 3.03 bits per heavy atom. The van der Waals surface area contributed by atoms with E-state index in [1.54, 1.807) is 22.2 Å². The van der Waals surface area contributed by atoms with Gasteiger partial charge < -0.3 is 10.3 Å². The van der Waals surface area contributed by atoms with E-state index in [1.165, 1.54) is 34.2 Å². The highest BCUT2D eigenvalue weighted by Gasteiger charge is 2.27.